The van der Waals surface area contributed by atoms with E-state index in [1.54, 1.807) is 6.07 Å². The fourth-order valence-electron chi connectivity index (χ4n) is 2.77. The van der Waals surface area contributed by atoms with Gasteiger partial charge in [0.15, 0.2) is 6.61 Å². The Hall–Kier alpha value is -2.69. The molecule has 7 heteroatoms. The maximum atomic E-state index is 12.8. The molecule has 6 nitrogen and oxygen atoms in total. The van der Waals surface area contributed by atoms with Crippen LogP contribution in [0.5, 0.6) is 0 Å². The molecule has 0 unspecified atom stereocenters. The van der Waals surface area contributed by atoms with E-state index in [9.17, 15) is 13.2 Å². The minimum absolute atomic E-state index is 0.128. The lowest BCUT2D eigenvalue weighted by molar-refractivity contribution is 0.0555. The molecule has 0 spiro atoms. The molecular formula is C18H16N2O4S. The van der Waals surface area contributed by atoms with Crippen LogP contribution in [0.15, 0.2) is 53.4 Å². The van der Waals surface area contributed by atoms with Gasteiger partial charge in [0.1, 0.15) is 6.07 Å². The van der Waals surface area contributed by atoms with E-state index in [2.05, 4.69) is 0 Å². The van der Waals surface area contributed by atoms with Gasteiger partial charge in [-0.05, 0) is 41.8 Å². The van der Waals surface area contributed by atoms with Crippen molar-refractivity contribution in [3.05, 3.63) is 65.2 Å². The van der Waals surface area contributed by atoms with E-state index in [-0.39, 0.29) is 17.1 Å². The smallest absolute Gasteiger partial charge is 0.339 e. The van der Waals surface area contributed by atoms with Gasteiger partial charge < -0.3 is 4.74 Å². The van der Waals surface area contributed by atoms with Crippen LogP contribution in [-0.4, -0.2) is 31.8 Å². The summed E-state index contributed by atoms with van der Waals surface area (Å²) in [7, 11) is -3.64. The fourth-order valence-corrected chi connectivity index (χ4v) is 4.19. The zero-order chi connectivity index (χ0) is 17.9. The molecule has 3 rings (SSSR count). The van der Waals surface area contributed by atoms with Gasteiger partial charge >= 0.3 is 5.97 Å². The molecule has 2 aromatic rings. The quantitative estimate of drug-likeness (QED) is 0.783. The predicted octanol–water partition coefficient (Wildman–Crippen LogP) is 2.11. The summed E-state index contributed by atoms with van der Waals surface area (Å²) in [4.78, 5) is 11.8. The van der Waals surface area contributed by atoms with Crippen molar-refractivity contribution in [2.45, 2.75) is 17.9 Å². The third kappa shape index (κ3) is 3.55. The second-order valence-corrected chi connectivity index (χ2v) is 7.55. The predicted molar refractivity (Wildman–Crippen MR) is 90.1 cm³/mol. The highest BCUT2D eigenvalue weighted by Gasteiger charge is 2.28. The third-order valence-corrected chi connectivity index (χ3v) is 5.95. The molecule has 0 aliphatic carbocycles. The average Bonchev–Trinajstić information content (AvgIpc) is 2.65. The molecule has 0 saturated carbocycles. The van der Waals surface area contributed by atoms with E-state index in [4.69, 9.17) is 10.00 Å². The molecule has 0 aromatic heterocycles. The minimum Gasteiger partial charge on any atom is -0.447 e. The highest BCUT2D eigenvalue weighted by molar-refractivity contribution is 7.89. The lowest BCUT2D eigenvalue weighted by Gasteiger charge is -2.28. The maximum Gasteiger partial charge on any atom is 0.339 e. The highest BCUT2D eigenvalue weighted by Crippen LogP contribution is 2.25. The second kappa shape index (κ2) is 7.05. The molecule has 1 aliphatic rings. The molecule has 0 radical (unpaired) electrons. The Morgan fingerprint density at radius 1 is 1.12 bits per heavy atom. The van der Waals surface area contributed by atoms with Crippen LogP contribution in [0, 0.1) is 11.3 Å². The van der Waals surface area contributed by atoms with Gasteiger partial charge in [0, 0.05) is 13.1 Å². The number of nitriles is 1. The van der Waals surface area contributed by atoms with Gasteiger partial charge in [-0.15, -0.1) is 0 Å². The summed E-state index contributed by atoms with van der Waals surface area (Å²) in [5.74, 6) is -0.655. The number of ether oxygens (including phenoxy) is 1. The van der Waals surface area contributed by atoms with Crippen molar-refractivity contribution >= 4 is 16.0 Å². The number of carbonyl (C=O) groups excluding carboxylic acids is 1. The Balaban J connectivity index is 1.79. The molecule has 128 valence electrons. The zero-order valence-electron chi connectivity index (χ0n) is 13.4. The van der Waals surface area contributed by atoms with Crippen molar-refractivity contribution in [2.24, 2.45) is 0 Å². The maximum absolute atomic E-state index is 12.8. The SMILES string of the molecule is N#CCOC(=O)c1ccc(S(=O)(=O)N2CCc3ccccc3C2)cc1. The molecule has 0 saturated heterocycles. The molecule has 1 aliphatic heterocycles. The largest absolute Gasteiger partial charge is 0.447 e. The normalized spacial score (nSPS) is 14.4. The molecule has 0 bridgehead atoms. The monoisotopic (exact) mass is 356 g/mol. The number of carbonyl (C=O) groups is 1. The highest BCUT2D eigenvalue weighted by atomic mass is 32.2. The number of hydrogen-bond donors (Lipinski definition) is 0. The summed E-state index contributed by atoms with van der Waals surface area (Å²) in [6.45, 7) is 0.419. The number of rotatable bonds is 4. The molecule has 0 amide bonds. The number of benzene rings is 2. The van der Waals surface area contributed by atoms with E-state index in [1.165, 1.54) is 34.1 Å². The van der Waals surface area contributed by atoms with Crippen molar-refractivity contribution in [1.82, 2.24) is 4.31 Å². The summed E-state index contributed by atoms with van der Waals surface area (Å²) in [6.07, 6.45) is 0.675. The van der Waals surface area contributed by atoms with E-state index in [0.29, 0.717) is 19.5 Å². The van der Waals surface area contributed by atoms with Crippen LogP contribution in [0.4, 0.5) is 0 Å². The number of nitrogens with zero attached hydrogens (tertiary/aromatic N) is 2. The lowest BCUT2D eigenvalue weighted by atomic mass is 10.0. The molecular weight excluding hydrogens is 340 g/mol. The van der Waals surface area contributed by atoms with Gasteiger partial charge in [-0.2, -0.15) is 9.57 Å². The topological polar surface area (TPSA) is 87.5 Å². The van der Waals surface area contributed by atoms with Crippen molar-refractivity contribution in [1.29, 1.82) is 5.26 Å². The summed E-state index contributed by atoms with van der Waals surface area (Å²) >= 11 is 0. The number of sulfonamides is 1. The summed E-state index contributed by atoms with van der Waals surface area (Å²) in [6, 6.07) is 15.1. The summed E-state index contributed by atoms with van der Waals surface area (Å²) < 4.78 is 31.8. The number of fused-ring (bicyclic) bond motifs is 1. The first-order valence-electron chi connectivity index (χ1n) is 7.73. The Morgan fingerprint density at radius 2 is 1.80 bits per heavy atom. The van der Waals surface area contributed by atoms with Gasteiger partial charge in [0.25, 0.3) is 0 Å². The standard InChI is InChI=1S/C18H16N2O4S/c19-10-12-24-18(21)15-5-7-17(8-6-15)25(22,23)20-11-9-14-3-1-2-4-16(14)13-20/h1-8H,9,11-13H2. The Morgan fingerprint density at radius 3 is 2.48 bits per heavy atom. The molecule has 0 fully saturated rings. The first-order chi connectivity index (χ1) is 12.0. The molecule has 0 N–H and O–H groups in total. The van der Waals surface area contributed by atoms with Crippen molar-refractivity contribution in [2.75, 3.05) is 13.2 Å². The van der Waals surface area contributed by atoms with E-state index in [0.717, 1.165) is 5.56 Å². The van der Waals surface area contributed by atoms with Gasteiger partial charge in [0.2, 0.25) is 10.0 Å². The molecule has 2 aromatic carbocycles. The Bertz CT molecular complexity index is 930. The molecule has 0 atom stereocenters. The Kier molecular flexibility index (Phi) is 4.83. The minimum atomic E-state index is -3.64. The third-order valence-electron chi connectivity index (χ3n) is 4.09. The molecule has 25 heavy (non-hydrogen) atoms. The zero-order valence-corrected chi connectivity index (χ0v) is 14.2. The molecule has 1 heterocycles. The summed E-state index contributed by atoms with van der Waals surface area (Å²) in [5, 5.41) is 8.41. The average molecular weight is 356 g/mol. The van der Waals surface area contributed by atoms with Gasteiger partial charge in [-0.25, -0.2) is 13.2 Å². The first-order valence-corrected chi connectivity index (χ1v) is 9.17. The van der Waals surface area contributed by atoms with Crippen molar-refractivity contribution in [3.63, 3.8) is 0 Å². The van der Waals surface area contributed by atoms with Crippen LogP contribution in [-0.2, 0) is 27.7 Å². The summed E-state index contributed by atoms with van der Waals surface area (Å²) in [5.41, 5.74) is 2.39. The van der Waals surface area contributed by atoms with Gasteiger partial charge in [-0.1, -0.05) is 24.3 Å². The van der Waals surface area contributed by atoms with Crippen LogP contribution < -0.4 is 0 Å². The van der Waals surface area contributed by atoms with Crippen LogP contribution in [0.1, 0.15) is 21.5 Å². The van der Waals surface area contributed by atoms with Crippen LogP contribution in [0.3, 0.4) is 0 Å². The fraction of sp³-hybridized carbons (Fsp3) is 0.222. The van der Waals surface area contributed by atoms with Gasteiger partial charge in [0.05, 0.1) is 10.5 Å². The number of esters is 1. The van der Waals surface area contributed by atoms with E-state index in [1.807, 2.05) is 24.3 Å². The number of hydrogen-bond acceptors (Lipinski definition) is 5. The van der Waals surface area contributed by atoms with Crippen LogP contribution in [0.25, 0.3) is 0 Å². The van der Waals surface area contributed by atoms with Crippen molar-refractivity contribution < 1.29 is 17.9 Å². The van der Waals surface area contributed by atoms with E-state index >= 15 is 0 Å². The lowest BCUT2D eigenvalue weighted by Crippen LogP contribution is -2.35. The van der Waals surface area contributed by atoms with Crippen LogP contribution >= 0.6 is 0 Å². The van der Waals surface area contributed by atoms with Gasteiger partial charge in [-0.3, -0.25) is 0 Å². The Labute approximate surface area is 146 Å². The van der Waals surface area contributed by atoms with Crippen molar-refractivity contribution in [3.8, 4) is 6.07 Å². The van der Waals surface area contributed by atoms with E-state index < -0.39 is 16.0 Å². The van der Waals surface area contributed by atoms with Crippen LogP contribution in [0.2, 0.25) is 0 Å². The second-order valence-electron chi connectivity index (χ2n) is 5.62. The first kappa shape index (κ1) is 17.1.